The Hall–Kier alpha value is -1.57. The second kappa shape index (κ2) is 13.6. The molecule has 144 valence electrons. The van der Waals surface area contributed by atoms with Crippen LogP contribution in [0.25, 0.3) is 0 Å². The Morgan fingerprint density at radius 1 is 0.692 bits per heavy atom. The molecular formula is C24H38N2. The molecule has 0 N–H and O–H groups in total. The Balaban J connectivity index is 1.47. The summed E-state index contributed by atoms with van der Waals surface area (Å²) in [5, 5.41) is 0. The van der Waals surface area contributed by atoms with Crippen LogP contribution >= 0.6 is 0 Å². The van der Waals surface area contributed by atoms with Gasteiger partial charge in [0.05, 0.1) is 0 Å². The average molecular weight is 355 g/mol. The van der Waals surface area contributed by atoms with E-state index in [-0.39, 0.29) is 0 Å². The summed E-state index contributed by atoms with van der Waals surface area (Å²) in [5.41, 5.74) is 1.36. The fourth-order valence-corrected chi connectivity index (χ4v) is 3.67. The van der Waals surface area contributed by atoms with Gasteiger partial charge < -0.3 is 4.90 Å². The average Bonchev–Trinajstić information content (AvgIpc) is 2.88. The quantitative estimate of drug-likeness (QED) is 0.292. The molecule has 0 bridgehead atoms. The fraction of sp³-hybridized carbons (Fsp3) is 0.625. The van der Waals surface area contributed by atoms with Crippen molar-refractivity contribution >= 4 is 6.21 Å². The molecule has 2 heteroatoms. The van der Waals surface area contributed by atoms with Crippen LogP contribution in [0.5, 0.6) is 0 Å². The van der Waals surface area contributed by atoms with Crippen LogP contribution in [-0.2, 0) is 0 Å². The minimum atomic E-state index is 1.09. The summed E-state index contributed by atoms with van der Waals surface area (Å²) >= 11 is 0. The van der Waals surface area contributed by atoms with E-state index < -0.39 is 0 Å². The van der Waals surface area contributed by atoms with Crippen molar-refractivity contribution in [3.8, 4) is 0 Å². The lowest BCUT2D eigenvalue weighted by Crippen LogP contribution is -2.12. The van der Waals surface area contributed by atoms with Crippen LogP contribution in [0, 0.1) is 0 Å². The molecule has 0 aliphatic carbocycles. The standard InChI is InChI=1S/C24H38N2/c1-2-3-4-5-6-7-8-9-10-11-12-13-14-18-23-19-15-16-21-26-22-17-20-25-24(23)26/h15-17,19-22H,2-14,18H2,1H3. The number of allylic oxidation sites excluding steroid dienone is 5. The number of hydrogen-bond donors (Lipinski definition) is 0. The van der Waals surface area contributed by atoms with Crippen molar-refractivity contribution in [3.63, 3.8) is 0 Å². The molecule has 2 rings (SSSR count). The highest BCUT2D eigenvalue weighted by molar-refractivity contribution is 5.73. The smallest absolute Gasteiger partial charge is 0.139 e. The summed E-state index contributed by atoms with van der Waals surface area (Å²) in [6.07, 6.45) is 33.9. The number of aliphatic imine (C=N–C) groups is 1. The topological polar surface area (TPSA) is 15.6 Å². The predicted molar refractivity (Wildman–Crippen MR) is 115 cm³/mol. The van der Waals surface area contributed by atoms with E-state index in [4.69, 9.17) is 0 Å². The summed E-state index contributed by atoms with van der Waals surface area (Å²) in [7, 11) is 0. The van der Waals surface area contributed by atoms with Crippen molar-refractivity contribution in [2.45, 2.75) is 96.8 Å². The van der Waals surface area contributed by atoms with Gasteiger partial charge in [-0.05, 0) is 30.6 Å². The molecule has 0 fully saturated rings. The highest BCUT2D eigenvalue weighted by Gasteiger charge is 2.11. The molecular weight excluding hydrogens is 316 g/mol. The van der Waals surface area contributed by atoms with Crippen molar-refractivity contribution in [2.75, 3.05) is 0 Å². The monoisotopic (exact) mass is 354 g/mol. The summed E-state index contributed by atoms with van der Waals surface area (Å²) < 4.78 is 0. The van der Waals surface area contributed by atoms with Crippen molar-refractivity contribution in [3.05, 3.63) is 48.1 Å². The maximum Gasteiger partial charge on any atom is 0.139 e. The van der Waals surface area contributed by atoms with Crippen LogP contribution in [0.2, 0.25) is 0 Å². The number of hydrogen-bond acceptors (Lipinski definition) is 2. The van der Waals surface area contributed by atoms with Crippen molar-refractivity contribution in [1.29, 1.82) is 0 Å². The summed E-state index contributed by atoms with van der Waals surface area (Å²) in [6.45, 7) is 2.29. The van der Waals surface area contributed by atoms with E-state index in [1.807, 2.05) is 12.3 Å². The van der Waals surface area contributed by atoms with Crippen LogP contribution in [0.4, 0.5) is 0 Å². The minimum absolute atomic E-state index is 1.09. The Morgan fingerprint density at radius 3 is 1.92 bits per heavy atom. The van der Waals surface area contributed by atoms with Crippen LogP contribution in [0.3, 0.4) is 0 Å². The highest BCUT2D eigenvalue weighted by atomic mass is 15.2. The van der Waals surface area contributed by atoms with Crippen LogP contribution < -0.4 is 0 Å². The summed E-state index contributed by atoms with van der Waals surface area (Å²) in [6, 6.07) is 0. The molecule has 0 saturated carbocycles. The zero-order valence-corrected chi connectivity index (χ0v) is 16.8. The Morgan fingerprint density at radius 2 is 1.27 bits per heavy atom. The molecule has 0 aromatic heterocycles. The first-order valence-electron chi connectivity index (χ1n) is 11.0. The van der Waals surface area contributed by atoms with Gasteiger partial charge in [0.25, 0.3) is 0 Å². The molecule has 0 radical (unpaired) electrons. The van der Waals surface area contributed by atoms with Gasteiger partial charge in [0.1, 0.15) is 5.82 Å². The molecule has 0 spiro atoms. The number of nitrogens with zero attached hydrogens (tertiary/aromatic N) is 2. The lowest BCUT2D eigenvalue weighted by molar-refractivity contribution is 0.538. The third-order valence-electron chi connectivity index (χ3n) is 5.27. The SMILES string of the molecule is CCCCCCCCCCCCCCCC1=C2N=CC=CN2C=CC=C1. The fourth-order valence-electron chi connectivity index (χ4n) is 3.67. The second-order valence-electron chi connectivity index (χ2n) is 7.57. The zero-order valence-electron chi connectivity index (χ0n) is 16.8. The molecule has 26 heavy (non-hydrogen) atoms. The number of rotatable bonds is 14. The molecule has 0 amide bonds. The zero-order chi connectivity index (χ0) is 18.3. The third-order valence-corrected chi connectivity index (χ3v) is 5.27. The largest absolute Gasteiger partial charge is 0.308 e. The van der Waals surface area contributed by atoms with Crippen LogP contribution in [0.15, 0.2) is 53.1 Å². The molecule has 0 aromatic carbocycles. The van der Waals surface area contributed by atoms with Crippen molar-refractivity contribution in [2.24, 2.45) is 4.99 Å². The molecule has 2 heterocycles. The Bertz CT molecular complexity index is 522. The maximum atomic E-state index is 4.56. The summed E-state index contributed by atoms with van der Waals surface area (Å²) in [5.74, 6) is 1.09. The van der Waals surface area contributed by atoms with Crippen molar-refractivity contribution < 1.29 is 0 Å². The van der Waals surface area contributed by atoms with Gasteiger partial charge in [0, 0.05) is 18.6 Å². The van der Waals surface area contributed by atoms with E-state index >= 15 is 0 Å². The molecule has 0 atom stereocenters. The third kappa shape index (κ3) is 8.21. The van der Waals surface area contributed by atoms with Gasteiger partial charge in [-0.15, -0.1) is 0 Å². The van der Waals surface area contributed by atoms with Gasteiger partial charge in [0.2, 0.25) is 0 Å². The lowest BCUT2D eigenvalue weighted by Gasteiger charge is -2.20. The van der Waals surface area contributed by atoms with Gasteiger partial charge in [-0.3, -0.25) is 0 Å². The van der Waals surface area contributed by atoms with Gasteiger partial charge in [0.15, 0.2) is 0 Å². The Kier molecular flexibility index (Phi) is 10.9. The molecule has 0 aromatic rings. The minimum Gasteiger partial charge on any atom is -0.308 e. The van der Waals surface area contributed by atoms with E-state index in [1.165, 1.54) is 89.0 Å². The van der Waals surface area contributed by atoms with Crippen molar-refractivity contribution in [1.82, 2.24) is 4.90 Å². The first kappa shape index (κ1) is 20.7. The van der Waals surface area contributed by atoms with E-state index in [0.717, 1.165) is 12.2 Å². The normalized spacial score (nSPS) is 15.7. The number of unbranched alkanes of at least 4 members (excludes halogenated alkanes) is 12. The van der Waals surface area contributed by atoms with Gasteiger partial charge in [-0.25, -0.2) is 4.99 Å². The molecule has 2 aliphatic heterocycles. The lowest BCUT2D eigenvalue weighted by atomic mass is 10.0. The summed E-state index contributed by atoms with van der Waals surface area (Å²) in [4.78, 5) is 6.69. The Labute approximate surface area is 161 Å². The van der Waals surface area contributed by atoms with Crippen LogP contribution in [0.1, 0.15) is 96.8 Å². The predicted octanol–water partition coefficient (Wildman–Crippen LogP) is 7.66. The maximum absolute atomic E-state index is 4.56. The van der Waals surface area contributed by atoms with Crippen LogP contribution in [-0.4, -0.2) is 11.1 Å². The first-order valence-corrected chi connectivity index (χ1v) is 11.0. The first-order chi connectivity index (χ1) is 12.9. The molecule has 0 saturated heterocycles. The van der Waals surface area contributed by atoms with E-state index in [0.29, 0.717) is 0 Å². The molecule has 2 aliphatic rings. The number of fused-ring (bicyclic) bond motifs is 1. The van der Waals surface area contributed by atoms with Gasteiger partial charge >= 0.3 is 0 Å². The molecule has 0 unspecified atom stereocenters. The van der Waals surface area contributed by atoms with E-state index in [9.17, 15) is 0 Å². The van der Waals surface area contributed by atoms with E-state index in [2.05, 4.69) is 47.4 Å². The van der Waals surface area contributed by atoms with Gasteiger partial charge in [-0.2, -0.15) is 0 Å². The second-order valence-corrected chi connectivity index (χ2v) is 7.57. The van der Waals surface area contributed by atoms with E-state index in [1.54, 1.807) is 0 Å². The molecule has 2 nitrogen and oxygen atoms in total. The highest BCUT2D eigenvalue weighted by Crippen LogP contribution is 2.24. The van der Waals surface area contributed by atoms with Gasteiger partial charge in [-0.1, -0.05) is 96.1 Å².